The van der Waals surface area contributed by atoms with Crippen molar-refractivity contribution < 1.29 is 4.42 Å². The smallest absolute Gasteiger partial charge is 0.164 e. The van der Waals surface area contributed by atoms with E-state index in [0.29, 0.717) is 17.5 Å². The second-order valence-electron chi connectivity index (χ2n) is 14.0. The van der Waals surface area contributed by atoms with E-state index >= 15 is 0 Å². The first kappa shape index (κ1) is 31.9. The van der Waals surface area contributed by atoms with Crippen LogP contribution in [-0.2, 0) is 0 Å². The van der Waals surface area contributed by atoms with Crippen molar-refractivity contribution in [1.82, 2.24) is 19.5 Å². The number of nitrogens with zero attached hydrogens (tertiary/aromatic N) is 4. The first-order valence-electron chi connectivity index (χ1n) is 18.8. The highest BCUT2D eigenvalue weighted by atomic mass is 16.3. The van der Waals surface area contributed by atoms with Crippen molar-refractivity contribution in [2.45, 2.75) is 0 Å². The Morgan fingerprint density at radius 1 is 0.339 bits per heavy atom. The van der Waals surface area contributed by atoms with E-state index in [2.05, 4.69) is 126 Å². The lowest BCUT2D eigenvalue weighted by Gasteiger charge is -2.09. The molecule has 0 saturated heterocycles. The Balaban J connectivity index is 0.965. The molecule has 8 aromatic carbocycles. The summed E-state index contributed by atoms with van der Waals surface area (Å²) in [4.78, 5) is 14.9. The van der Waals surface area contributed by atoms with Gasteiger partial charge in [-0.05, 0) is 70.8 Å². The van der Waals surface area contributed by atoms with Gasteiger partial charge in [-0.1, -0.05) is 146 Å². The molecule has 11 aromatic rings. The summed E-state index contributed by atoms with van der Waals surface area (Å²) in [5, 5.41) is 4.49. The first-order chi connectivity index (χ1) is 27.7. The van der Waals surface area contributed by atoms with E-state index in [1.165, 1.54) is 32.9 Å². The molecule has 3 aromatic heterocycles. The minimum atomic E-state index is 0.605. The summed E-state index contributed by atoms with van der Waals surface area (Å²) in [6, 6.07) is 67.5. The van der Waals surface area contributed by atoms with Crippen molar-refractivity contribution in [1.29, 1.82) is 0 Å². The average Bonchev–Trinajstić information content (AvgIpc) is 3.82. The molecule has 0 unspecified atom stereocenters. The molecular weight excluding hydrogens is 685 g/mol. The highest BCUT2D eigenvalue weighted by Gasteiger charge is 2.19. The van der Waals surface area contributed by atoms with Gasteiger partial charge in [-0.3, -0.25) is 0 Å². The van der Waals surface area contributed by atoms with Crippen LogP contribution in [0.2, 0.25) is 0 Å². The lowest BCUT2D eigenvalue weighted by molar-refractivity contribution is 0.669. The molecule has 0 fully saturated rings. The minimum absolute atomic E-state index is 0.605. The summed E-state index contributed by atoms with van der Waals surface area (Å²) in [7, 11) is 0. The Hall–Kier alpha value is -7.63. The molecule has 56 heavy (non-hydrogen) atoms. The molecule has 11 rings (SSSR count). The van der Waals surface area contributed by atoms with Gasteiger partial charge in [0.25, 0.3) is 0 Å². The molecule has 0 aliphatic rings. The quantitative estimate of drug-likeness (QED) is 0.172. The fraction of sp³-hybridized carbons (Fsp3) is 0. The summed E-state index contributed by atoms with van der Waals surface area (Å²) in [5.41, 5.74) is 12.5. The third-order valence-electron chi connectivity index (χ3n) is 10.7. The zero-order chi connectivity index (χ0) is 37.0. The zero-order valence-corrected chi connectivity index (χ0v) is 30.2. The van der Waals surface area contributed by atoms with Crippen molar-refractivity contribution in [3.05, 3.63) is 194 Å². The van der Waals surface area contributed by atoms with Crippen LogP contribution in [0.1, 0.15) is 0 Å². The van der Waals surface area contributed by atoms with Crippen molar-refractivity contribution in [2.24, 2.45) is 0 Å². The van der Waals surface area contributed by atoms with Gasteiger partial charge in [0.15, 0.2) is 17.5 Å². The molecule has 262 valence electrons. The molecule has 0 saturated carbocycles. The number of furan rings is 1. The second kappa shape index (κ2) is 13.0. The van der Waals surface area contributed by atoms with E-state index in [0.717, 1.165) is 55.4 Å². The van der Waals surface area contributed by atoms with E-state index in [1.807, 2.05) is 72.8 Å². The van der Waals surface area contributed by atoms with Crippen LogP contribution in [0.5, 0.6) is 0 Å². The molecule has 0 bridgehead atoms. The second-order valence-corrected chi connectivity index (χ2v) is 14.0. The van der Waals surface area contributed by atoms with E-state index in [4.69, 9.17) is 19.4 Å². The van der Waals surface area contributed by atoms with E-state index in [9.17, 15) is 0 Å². The molecule has 0 aliphatic heterocycles. The molecule has 0 aliphatic carbocycles. The summed E-state index contributed by atoms with van der Waals surface area (Å²) >= 11 is 0. The van der Waals surface area contributed by atoms with Crippen molar-refractivity contribution in [3.63, 3.8) is 0 Å². The van der Waals surface area contributed by atoms with Gasteiger partial charge >= 0.3 is 0 Å². The van der Waals surface area contributed by atoms with Crippen LogP contribution < -0.4 is 0 Å². The Morgan fingerprint density at radius 2 is 0.893 bits per heavy atom. The fourth-order valence-electron chi connectivity index (χ4n) is 7.98. The Kier molecular flexibility index (Phi) is 7.42. The highest BCUT2D eigenvalue weighted by molar-refractivity contribution is 6.13. The lowest BCUT2D eigenvalue weighted by atomic mass is 9.98. The standard InChI is InChI=1S/C51H32N4O/c1-4-13-35(14-5-1)49-52-50(36-15-6-2-7-16-36)54-51(53-49)42-20-12-22-46-48(42)41-29-27-38(32-47(41)56-46)34-25-23-33(24-26-34)37-28-30-45-43(31-37)40-19-10-11-21-44(40)55(45)39-17-8-3-9-18-39/h1-32H. The number of fused-ring (bicyclic) bond motifs is 6. The Bertz CT molecular complexity index is 3160. The number of para-hydroxylation sites is 2. The van der Waals surface area contributed by atoms with Crippen molar-refractivity contribution >= 4 is 43.7 Å². The largest absolute Gasteiger partial charge is 0.456 e. The summed E-state index contributed by atoms with van der Waals surface area (Å²) < 4.78 is 8.89. The topological polar surface area (TPSA) is 56.7 Å². The van der Waals surface area contributed by atoms with Gasteiger partial charge in [0.2, 0.25) is 0 Å². The predicted molar refractivity (Wildman–Crippen MR) is 229 cm³/mol. The van der Waals surface area contributed by atoms with Crippen LogP contribution in [0.4, 0.5) is 0 Å². The molecule has 5 heteroatoms. The van der Waals surface area contributed by atoms with Crippen LogP contribution in [0, 0.1) is 0 Å². The number of hydrogen-bond acceptors (Lipinski definition) is 4. The number of rotatable bonds is 6. The highest BCUT2D eigenvalue weighted by Crippen LogP contribution is 2.39. The third kappa shape index (κ3) is 5.37. The van der Waals surface area contributed by atoms with Gasteiger partial charge in [-0.2, -0.15) is 0 Å². The predicted octanol–water partition coefficient (Wildman–Crippen LogP) is 13.2. The number of aromatic nitrogens is 4. The maximum absolute atomic E-state index is 6.54. The molecule has 0 atom stereocenters. The van der Waals surface area contributed by atoms with Gasteiger partial charge < -0.3 is 8.98 Å². The summed E-state index contributed by atoms with van der Waals surface area (Å²) in [6.45, 7) is 0. The molecule has 0 amide bonds. The van der Waals surface area contributed by atoms with Gasteiger partial charge in [0.05, 0.1) is 11.0 Å². The fourth-order valence-corrected chi connectivity index (χ4v) is 7.98. The monoisotopic (exact) mass is 716 g/mol. The minimum Gasteiger partial charge on any atom is -0.456 e. The van der Waals surface area contributed by atoms with Crippen molar-refractivity contribution in [3.8, 4) is 62.1 Å². The van der Waals surface area contributed by atoms with Crippen LogP contribution in [0.3, 0.4) is 0 Å². The van der Waals surface area contributed by atoms with Gasteiger partial charge in [-0.25, -0.2) is 15.0 Å². The number of benzene rings is 8. The first-order valence-corrected chi connectivity index (χ1v) is 18.8. The van der Waals surface area contributed by atoms with Crippen LogP contribution in [0.15, 0.2) is 199 Å². The lowest BCUT2D eigenvalue weighted by Crippen LogP contribution is -2.00. The molecular formula is C51H32N4O. The Morgan fingerprint density at radius 3 is 1.59 bits per heavy atom. The van der Waals surface area contributed by atoms with Crippen LogP contribution in [0.25, 0.3) is 106 Å². The zero-order valence-electron chi connectivity index (χ0n) is 30.2. The van der Waals surface area contributed by atoms with Gasteiger partial charge in [-0.15, -0.1) is 0 Å². The SMILES string of the molecule is c1ccc(-c2nc(-c3ccccc3)nc(-c3cccc4oc5cc(-c6ccc(-c7ccc8c(c7)c7ccccc7n8-c7ccccc7)cc6)ccc5c34)n2)cc1. The van der Waals surface area contributed by atoms with Gasteiger partial charge in [0, 0.05) is 43.9 Å². The maximum Gasteiger partial charge on any atom is 0.164 e. The van der Waals surface area contributed by atoms with Crippen LogP contribution >= 0.6 is 0 Å². The van der Waals surface area contributed by atoms with Gasteiger partial charge in [0.1, 0.15) is 11.2 Å². The summed E-state index contributed by atoms with van der Waals surface area (Å²) in [5.74, 6) is 1.86. The van der Waals surface area contributed by atoms with E-state index in [1.54, 1.807) is 0 Å². The van der Waals surface area contributed by atoms with Crippen molar-refractivity contribution in [2.75, 3.05) is 0 Å². The molecule has 0 spiro atoms. The average molecular weight is 717 g/mol. The normalized spacial score (nSPS) is 11.6. The molecule has 0 N–H and O–H groups in total. The number of hydrogen-bond donors (Lipinski definition) is 0. The maximum atomic E-state index is 6.54. The van der Waals surface area contributed by atoms with Crippen LogP contribution in [-0.4, -0.2) is 19.5 Å². The molecule has 0 radical (unpaired) electrons. The summed E-state index contributed by atoms with van der Waals surface area (Å²) in [6.07, 6.45) is 0. The third-order valence-corrected chi connectivity index (χ3v) is 10.7. The molecule has 5 nitrogen and oxygen atoms in total. The Labute approximate surface area is 322 Å². The molecule has 3 heterocycles. The van der Waals surface area contributed by atoms with E-state index in [-0.39, 0.29) is 0 Å². The van der Waals surface area contributed by atoms with E-state index < -0.39 is 0 Å².